The number of hydrogen-bond donors (Lipinski definition) is 0. The number of benzene rings is 2. The van der Waals surface area contributed by atoms with Crippen LogP contribution in [0.3, 0.4) is 0 Å². The highest BCUT2D eigenvalue weighted by Gasteiger charge is 2.18. The summed E-state index contributed by atoms with van der Waals surface area (Å²) >= 11 is 9.02. The molecule has 0 N–H and O–H groups in total. The SMILES string of the molecule is CCOCCn1c(=NC(=O)c2sc3ccccc3c2Cl)sc2cc(S(C)(=O)=O)ccc21. The van der Waals surface area contributed by atoms with Crippen LogP contribution >= 0.6 is 34.3 Å². The molecule has 0 bridgehead atoms. The highest BCUT2D eigenvalue weighted by molar-refractivity contribution is 7.90. The number of ether oxygens (including phenoxy) is 1. The minimum absolute atomic E-state index is 0.226. The summed E-state index contributed by atoms with van der Waals surface area (Å²) in [6, 6.07) is 12.5. The summed E-state index contributed by atoms with van der Waals surface area (Å²) in [5.41, 5.74) is 0.797. The summed E-state index contributed by atoms with van der Waals surface area (Å²) < 4.78 is 32.9. The number of rotatable bonds is 6. The summed E-state index contributed by atoms with van der Waals surface area (Å²) in [5, 5.41) is 1.22. The van der Waals surface area contributed by atoms with Crippen LogP contribution in [0, 0.1) is 0 Å². The molecule has 0 aliphatic rings. The Morgan fingerprint density at radius 3 is 2.65 bits per heavy atom. The zero-order valence-electron chi connectivity index (χ0n) is 16.8. The molecule has 10 heteroatoms. The third-order valence-corrected chi connectivity index (χ3v) is 8.49. The van der Waals surface area contributed by atoms with Crippen molar-refractivity contribution in [1.82, 2.24) is 4.57 Å². The Kier molecular flexibility index (Phi) is 6.32. The van der Waals surface area contributed by atoms with Crippen LogP contribution in [0.5, 0.6) is 0 Å². The van der Waals surface area contributed by atoms with E-state index in [1.165, 1.54) is 28.9 Å². The molecule has 4 aromatic rings. The maximum absolute atomic E-state index is 13.0. The first-order chi connectivity index (χ1) is 14.8. The molecular formula is C21H19ClN2O4S3. The van der Waals surface area contributed by atoms with Gasteiger partial charge in [0.25, 0.3) is 5.91 Å². The first kappa shape index (κ1) is 22.2. The highest BCUT2D eigenvalue weighted by Crippen LogP contribution is 2.35. The first-order valence-electron chi connectivity index (χ1n) is 9.47. The van der Waals surface area contributed by atoms with Gasteiger partial charge >= 0.3 is 0 Å². The normalized spacial score (nSPS) is 12.8. The van der Waals surface area contributed by atoms with E-state index in [-0.39, 0.29) is 4.90 Å². The van der Waals surface area contributed by atoms with Crippen molar-refractivity contribution < 1.29 is 17.9 Å². The zero-order chi connectivity index (χ0) is 22.2. The van der Waals surface area contributed by atoms with Crippen molar-refractivity contribution in [3.63, 3.8) is 0 Å². The second kappa shape index (κ2) is 8.84. The Hall–Kier alpha value is -2.04. The number of halogens is 1. The van der Waals surface area contributed by atoms with Crippen LogP contribution in [-0.2, 0) is 21.1 Å². The van der Waals surface area contributed by atoms with E-state index in [2.05, 4.69) is 4.99 Å². The van der Waals surface area contributed by atoms with E-state index >= 15 is 0 Å². The Labute approximate surface area is 192 Å². The maximum Gasteiger partial charge on any atom is 0.291 e. The monoisotopic (exact) mass is 494 g/mol. The summed E-state index contributed by atoms with van der Waals surface area (Å²) in [4.78, 5) is 18.5. The largest absolute Gasteiger partial charge is 0.380 e. The molecule has 0 aliphatic heterocycles. The Morgan fingerprint density at radius 2 is 1.94 bits per heavy atom. The van der Waals surface area contributed by atoms with Crippen LogP contribution in [-0.4, -0.2) is 38.4 Å². The Bertz CT molecular complexity index is 1470. The van der Waals surface area contributed by atoms with Crippen molar-refractivity contribution in [3.8, 4) is 0 Å². The Morgan fingerprint density at radius 1 is 1.16 bits per heavy atom. The van der Waals surface area contributed by atoms with Crippen molar-refractivity contribution in [2.75, 3.05) is 19.5 Å². The topological polar surface area (TPSA) is 77.7 Å². The summed E-state index contributed by atoms with van der Waals surface area (Å²) in [6.45, 7) is 3.41. The fourth-order valence-electron chi connectivity index (χ4n) is 3.17. The lowest BCUT2D eigenvalue weighted by Gasteiger charge is -2.06. The molecule has 0 atom stereocenters. The van der Waals surface area contributed by atoms with Crippen molar-refractivity contribution in [2.45, 2.75) is 18.4 Å². The van der Waals surface area contributed by atoms with Crippen molar-refractivity contribution in [1.29, 1.82) is 0 Å². The number of aromatic nitrogens is 1. The third kappa shape index (κ3) is 4.47. The molecule has 0 saturated heterocycles. The molecule has 0 radical (unpaired) electrons. The lowest BCUT2D eigenvalue weighted by molar-refractivity contribution is 0.100. The van der Waals surface area contributed by atoms with E-state index in [1.807, 2.05) is 35.8 Å². The van der Waals surface area contributed by atoms with Gasteiger partial charge in [0.15, 0.2) is 14.6 Å². The molecule has 1 amide bonds. The van der Waals surface area contributed by atoms with Crippen molar-refractivity contribution in [3.05, 3.63) is 57.2 Å². The smallest absolute Gasteiger partial charge is 0.291 e. The van der Waals surface area contributed by atoms with E-state index in [0.29, 0.717) is 34.5 Å². The molecule has 2 aromatic heterocycles. The maximum atomic E-state index is 13.0. The molecular weight excluding hydrogens is 476 g/mol. The first-order valence-corrected chi connectivity index (χ1v) is 13.4. The number of thiophene rings is 1. The molecule has 4 rings (SSSR count). The van der Waals surface area contributed by atoms with Crippen LogP contribution in [0.2, 0.25) is 5.02 Å². The summed E-state index contributed by atoms with van der Waals surface area (Å²) in [6.07, 6.45) is 1.17. The quantitative estimate of drug-likeness (QED) is 0.362. The van der Waals surface area contributed by atoms with Crippen LogP contribution in [0.15, 0.2) is 52.4 Å². The number of nitrogens with zero attached hydrogens (tertiary/aromatic N) is 2. The molecule has 31 heavy (non-hydrogen) atoms. The molecule has 0 aliphatic carbocycles. The Balaban J connectivity index is 1.85. The van der Waals surface area contributed by atoms with Crippen LogP contribution in [0.4, 0.5) is 0 Å². The molecule has 6 nitrogen and oxygen atoms in total. The molecule has 2 aromatic carbocycles. The zero-order valence-corrected chi connectivity index (χ0v) is 20.0. The standard InChI is InChI=1S/C21H19ClN2O4S3/c1-3-28-11-10-24-15-9-8-13(31(2,26)27)12-17(15)30-21(24)23-20(25)19-18(22)14-6-4-5-7-16(14)29-19/h4-9,12H,3,10-11H2,1-2H3. The van der Waals surface area contributed by atoms with Gasteiger partial charge in [-0.2, -0.15) is 4.99 Å². The van der Waals surface area contributed by atoms with Gasteiger partial charge in [0, 0.05) is 29.5 Å². The lowest BCUT2D eigenvalue weighted by atomic mass is 10.2. The summed E-state index contributed by atoms with van der Waals surface area (Å²) in [7, 11) is -3.35. The van der Waals surface area contributed by atoms with Gasteiger partial charge in [0.2, 0.25) is 0 Å². The predicted molar refractivity (Wildman–Crippen MR) is 126 cm³/mol. The fourth-order valence-corrected chi connectivity index (χ4v) is 6.39. The van der Waals surface area contributed by atoms with E-state index < -0.39 is 15.7 Å². The second-order valence-electron chi connectivity index (χ2n) is 6.79. The van der Waals surface area contributed by atoms with Gasteiger partial charge in [-0.15, -0.1) is 11.3 Å². The number of thiazole rings is 1. The van der Waals surface area contributed by atoms with Crippen LogP contribution in [0.1, 0.15) is 16.6 Å². The number of sulfone groups is 1. The molecule has 0 unspecified atom stereocenters. The average Bonchev–Trinajstić information content (AvgIpc) is 3.25. The molecule has 162 valence electrons. The number of fused-ring (bicyclic) bond motifs is 2. The number of hydrogen-bond acceptors (Lipinski definition) is 6. The van der Waals surface area contributed by atoms with E-state index in [0.717, 1.165) is 20.3 Å². The predicted octanol–water partition coefficient (Wildman–Crippen LogP) is 4.75. The highest BCUT2D eigenvalue weighted by atomic mass is 35.5. The van der Waals surface area contributed by atoms with Gasteiger partial charge in [-0.25, -0.2) is 8.42 Å². The van der Waals surface area contributed by atoms with E-state index in [4.69, 9.17) is 16.3 Å². The second-order valence-corrected chi connectivity index (χ2v) is 11.2. The van der Waals surface area contributed by atoms with Crippen LogP contribution in [0.25, 0.3) is 20.3 Å². The summed E-state index contributed by atoms with van der Waals surface area (Å²) in [5.74, 6) is -0.425. The van der Waals surface area contributed by atoms with Gasteiger partial charge in [0.1, 0.15) is 4.88 Å². The van der Waals surface area contributed by atoms with E-state index in [9.17, 15) is 13.2 Å². The average molecular weight is 495 g/mol. The minimum Gasteiger partial charge on any atom is -0.380 e. The van der Waals surface area contributed by atoms with Gasteiger partial charge < -0.3 is 9.30 Å². The minimum atomic E-state index is -3.35. The van der Waals surface area contributed by atoms with Crippen molar-refractivity contribution >= 4 is 70.3 Å². The fraction of sp³-hybridized carbons (Fsp3) is 0.238. The number of carbonyl (C=O) groups excluding carboxylic acids is 1. The van der Waals surface area contributed by atoms with Gasteiger partial charge in [-0.1, -0.05) is 41.1 Å². The third-order valence-electron chi connectivity index (χ3n) is 4.67. The van der Waals surface area contributed by atoms with Crippen LogP contribution < -0.4 is 4.80 Å². The van der Waals surface area contributed by atoms with Gasteiger partial charge in [-0.05, 0) is 31.2 Å². The number of carbonyl (C=O) groups is 1. The van der Waals surface area contributed by atoms with E-state index in [1.54, 1.807) is 18.2 Å². The molecule has 0 spiro atoms. The molecule has 0 saturated carbocycles. The van der Waals surface area contributed by atoms with Gasteiger partial charge in [-0.3, -0.25) is 4.79 Å². The van der Waals surface area contributed by atoms with Crippen molar-refractivity contribution in [2.24, 2.45) is 4.99 Å². The molecule has 2 heterocycles. The number of amides is 1. The lowest BCUT2D eigenvalue weighted by Crippen LogP contribution is -2.19. The van der Waals surface area contributed by atoms with Gasteiger partial charge in [0.05, 0.1) is 26.7 Å². The molecule has 0 fully saturated rings.